The Morgan fingerprint density at radius 2 is 1.69 bits per heavy atom. The number of rotatable bonds is 19. The van der Waals surface area contributed by atoms with Gasteiger partial charge in [0, 0.05) is 50.8 Å². The molecule has 6 unspecified atom stereocenters. The monoisotopic (exact) mass is 829 g/mol. The van der Waals surface area contributed by atoms with Crippen LogP contribution in [0.4, 0.5) is 5.69 Å². The number of anilines is 1. The minimum absolute atomic E-state index is 0.00976. The number of likely N-dealkylation sites (N-methyl/N-ethyl adjacent to an activating group) is 1. The van der Waals surface area contributed by atoms with Gasteiger partial charge in [-0.3, -0.25) is 4.79 Å². The van der Waals surface area contributed by atoms with Crippen LogP contribution in [0.25, 0.3) is 0 Å². The molecule has 318 valence electrons. The van der Waals surface area contributed by atoms with Crippen LogP contribution in [0, 0.1) is 31.6 Å². The van der Waals surface area contributed by atoms with E-state index in [9.17, 15) is 23.4 Å². The molecule has 3 N–H and O–H groups in total. The lowest BCUT2D eigenvalue weighted by Gasteiger charge is -2.59. The zero-order chi connectivity index (χ0) is 42.3. The fraction of sp³-hybridized carbons (Fsp3) is 0.478. The third kappa shape index (κ3) is 9.29. The fourth-order valence-electron chi connectivity index (χ4n) is 9.07. The summed E-state index contributed by atoms with van der Waals surface area (Å²) in [6.45, 7) is 11.9. The van der Waals surface area contributed by atoms with E-state index in [0.717, 1.165) is 47.9 Å². The van der Waals surface area contributed by atoms with Gasteiger partial charge in [-0.1, -0.05) is 36.2 Å². The van der Waals surface area contributed by atoms with Gasteiger partial charge in [0.2, 0.25) is 21.7 Å². The Bertz CT molecular complexity index is 2140. The molecule has 6 atom stereocenters. The average Bonchev–Trinajstić information content (AvgIpc) is 3.21. The van der Waals surface area contributed by atoms with Crippen LogP contribution >= 0.6 is 0 Å². The number of aliphatic hydroxyl groups excluding tert-OH is 2. The van der Waals surface area contributed by atoms with Crippen LogP contribution in [0.2, 0.25) is 0 Å². The van der Waals surface area contributed by atoms with Gasteiger partial charge in [0.25, 0.3) is 0 Å². The number of oxime groups is 1. The van der Waals surface area contributed by atoms with Gasteiger partial charge in [-0.2, -0.15) is 4.31 Å². The number of unbranched alkanes of at least 4 members (excludes halogenated alkanes) is 2. The molecule has 0 saturated heterocycles. The molecule has 1 aliphatic heterocycles. The largest absolute Gasteiger partial charge is 0.460 e. The van der Waals surface area contributed by atoms with Gasteiger partial charge < -0.3 is 34.6 Å². The van der Waals surface area contributed by atoms with E-state index in [1.165, 1.54) is 23.4 Å². The van der Waals surface area contributed by atoms with Crippen LogP contribution in [-0.2, 0) is 24.4 Å². The molecule has 59 heavy (non-hydrogen) atoms. The van der Waals surface area contributed by atoms with Crippen LogP contribution in [0.15, 0.2) is 95.0 Å². The molecule has 13 heteroatoms. The Morgan fingerprint density at radius 3 is 2.36 bits per heavy atom. The van der Waals surface area contributed by atoms with Gasteiger partial charge in [-0.05, 0) is 130 Å². The van der Waals surface area contributed by atoms with E-state index in [0.29, 0.717) is 48.1 Å². The van der Waals surface area contributed by atoms with Crippen molar-refractivity contribution in [2.45, 2.75) is 95.3 Å². The lowest BCUT2D eigenvalue weighted by atomic mass is 9.55. The summed E-state index contributed by atoms with van der Waals surface area (Å²) in [4.78, 5) is 17.5. The Morgan fingerprint density at radius 1 is 1.00 bits per heavy atom. The van der Waals surface area contributed by atoms with E-state index in [1.807, 2.05) is 43.3 Å². The SMILES string of the molecule is C=CCOC12Oc3ccc(Oc4ccc(C)c(C)c4)cc3C3C(CCCCO)C(CCCCO)C=C(C(=NOCC)CC1N(C)S(=O)(=O)c1ccc(NC(C)=O)cc1)C32. The Hall–Kier alpha value is -4.53. The number of nitrogens with one attached hydrogen (secondary N) is 1. The van der Waals surface area contributed by atoms with E-state index in [2.05, 4.69) is 37.0 Å². The molecule has 1 heterocycles. The molecule has 12 nitrogen and oxygen atoms in total. The maximum Gasteiger partial charge on any atom is 0.243 e. The maximum absolute atomic E-state index is 14.7. The lowest BCUT2D eigenvalue weighted by molar-refractivity contribution is -0.250. The molecule has 0 radical (unpaired) electrons. The highest BCUT2D eigenvalue weighted by Gasteiger charge is 2.65. The van der Waals surface area contributed by atoms with E-state index in [1.54, 1.807) is 25.3 Å². The van der Waals surface area contributed by atoms with Gasteiger partial charge >= 0.3 is 0 Å². The topological polar surface area (TPSA) is 156 Å². The fourth-order valence-corrected chi connectivity index (χ4v) is 10.4. The quantitative estimate of drug-likeness (QED) is 0.0619. The first-order chi connectivity index (χ1) is 28.4. The van der Waals surface area contributed by atoms with Crippen molar-refractivity contribution in [2.75, 3.05) is 38.8 Å². The molecular weight excluding hydrogens is 771 g/mol. The molecule has 0 aromatic heterocycles. The number of amides is 1. The summed E-state index contributed by atoms with van der Waals surface area (Å²) >= 11 is 0. The number of aliphatic hydroxyl groups is 2. The van der Waals surface area contributed by atoms with Crippen molar-refractivity contribution in [3.05, 3.63) is 102 Å². The molecule has 3 aromatic rings. The van der Waals surface area contributed by atoms with Crippen molar-refractivity contribution in [1.29, 1.82) is 0 Å². The summed E-state index contributed by atoms with van der Waals surface area (Å²) in [6.07, 6.45) is 8.47. The van der Waals surface area contributed by atoms with Crippen molar-refractivity contribution in [3.8, 4) is 17.2 Å². The van der Waals surface area contributed by atoms with Crippen LogP contribution in [0.5, 0.6) is 17.2 Å². The van der Waals surface area contributed by atoms with E-state index < -0.39 is 27.8 Å². The molecule has 6 rings (SSSR count). The number of allylic oxidation sites excluding steroid dienone is 1. The molecule has 1 saturated carbocycles. The molecule has 1 amide bonds. The molecule has 3 aliphatic rings. The summed E-state index contributed by atoms with van der Waals surface area (Å²) in [6, 6.07) is 16.9. The van der Waals surface area contributed by atoms with Crippen molar-refractivity contribution in [3.63, 3.8) is 0 Å². The number of carbonyl (C=O) groups is 1. The summed E-state index contributed by atoms with van der Waals surface area (Å²) in [5, 5.41) is 27.1. The maximum atomic E-state index is 14.7. The normalized spacial score (nSPS) is 24.1. The summed E-state index contributed by atoms with van der Waals surface area (Å²) in [5.41, 5.74) is 5.16. The van der Waals surface area contributed by atoms with Crippen LogP contribution in [0.1, 0.15) is 81.4 Å². The molecule has 1 fully saturated rings. The highest BCUT2D eigenvalue weighted by Crippen LogP contribution is 2.62. The van der Waals surface area contributed by atoms with Crippen LogP contribution < -0.4 is 14.8 Å². The highest BCUT2D eigenvalue weighted by atomic mass is 32.2. The molecule has 0 bridgehead atoms. The third-order valence-corrected chi connectivity index (χ3v) is 13.8. The third-order valence-electron chi connectivity index (χ3n) is 12.0. The smallest absolute Gasteiger partial charge is 0.243 e. The van der Waals surface area contributed by atoms with Crippen molar-refractivity contribution in [2.24, 2.45) is 22.9 Å². The lowest BCUT2D eigenvalue weighted by Crippen LogP contribution is -2.69. The predicted octanol–water partition coefficient (Wildman–Crippen LogP) is 8.03. The van der Waals surface area contributed by atoms with Gasteiger partial charge in [0.05, 0.1) is 29.2 Å². The minimum atomic E-state index is -4.20. The van der Waals surface area contributed by atoms with E-state index in [-0.39, 0.29) is 54.8 Å². The van der Waals surface area contributed by atoms with E-state index >= 15 is 0 Å². The van der Waals surface area contributed by atoms with Crippen molar-refractivity contribution in [1.82, 2.24) is 4.31 Å². The number of benzene rings is 3. The molecule has 3 aromatic carbocycles. The first kappa shape index (κ1) is 44.0. The second kappa shape index (κ2) is 19.2. The minimum Gasteiger partial charge on any atom is -0.460 e. The standard InChI is InChI=1S/C46H59N3O9S/c1-7-25-55-46-43(49(6)59(53,54)37-20-16-34(17-21-37)47-32(5)52)29-41(48-56-8-2)39-27-33(13-9-11-23-50)38(14-10-12-24-51)44(45(39)46)40-28-36(19-22-42(40)58-46)57-35-18-15-30(3)31(4)26-35/h7,15-22,26-28,33,38,43-45,50-51H,1,8-14,23-25,29H2,2-6H3,(H,47,52). The number of sulfonamides is 1. The van der Waals surface area contributed by atoms with Crippen LogP contribution in [0.3, 0.4) is 0 Å². The van der Waals surface area contributed by atoms with Crippen molar-refractivity contribution < 1.29 is 42.5 Å². The molecular formula is C46H59N3O9S. The second-order valence-electron chi connectivity index (χ2n) is 15.8. The van der Waals surface area contributed by atoms with Gasteiger partial charge in [0.15, 0.2) is 0 Å². The zero-order valence-corrected chi connectivity index (χ0v) is 35.7. The molecule has 0 spiro atoms. The Kier molecular flexibility index (Phi) is 14.4. The van der Waals surface area contributed by atoms with E-state index in [4.69, 9.17) is 19.0 Å². The second-order valence-corrected chi connectivity index (χ2v) is 17.8. The number of fused-ring (bicyclic) bond motifs is 2. The number of hydrogen-bond donors (Lipinski definition) is 3. The van der Waals surface area contributed by atoms with Gasteiger partial charge in [-0.25, -0.2) is 8.42 Å². The number of carbonyl (C=O) groups excluding carboxylic acids is 1. The molecule has 2 aliphatic carbocycles. The summed E-state index contributed by atoms with van der Waals surface area (Å²) in [7, 11) is -2.66. The van der Waals surface area contributed by atoms with Crippen molar-refractivity contribution >= 4 is 27.3 Å². The highest BCUT2D eigenvalue weighted by molar-refractivity contribution is 7.89. The first-order valence-corrected chi connectivity index (χ1v) is 22.1. The van der Waals surface area contributed by atoms with Gasteiger partial charge in [0.1, 0.15) is 23.9 Å². The predicted molar refractivity (Wildman–Crippen MR) is 228 cm³/mol. The summed E-state index contributed by atoms with van der Waals surface area (Å²) in [5.74, 6) is -0.683. The average molecular weight is 830 g/mol. The number of aryl methyl sites for hydroxylation is 2. The zero-order valence-electron chi connectivity index (χ0n) is 34.9. The number of ether oxygens (including phenoxy) is 3. The van der Waals surface area contributed by atoms with Gasteiger partial charge in [-0.15, -0.1) is 6.58 Å². The van der Waals surface area contributed by atoms with Crippen LogP contribution in [-0.4, -0.2) is 79.9 Å². The number of hydrogen-bond acceptors (Lipinski definition) is 10. The first-order valence-electron chi connectivity index (χ1n) is 20.7. The summed E-state index contributed by atoms with van der Waals surface area (Å²) < 4.78 is 51.4. The Balaban J connectivity index is 1.57. The Labute approximate surface area is 348 Å². The number of nitrogens with zero attached hydrogens (tertiary/aromatic N) is 2.